The Labute approximate surface area is 144 Å². The fourth-order valence-electron chi connectivity index (χ4n) is 3.56. The largest absolute Gasteiger partial charge is 0.443 e. The number of likely N-dealkylation sites (tertiary alicyclic amines) is 1. The molecule has 1 aliphatic heterocycles. The number of ether oxygens (including phenoxy) is 3. The highest BCUT2D eigenvalue weighted by molar-refractivity contribution is 6.01. The molecule has 3 atom stereocenters. The van der Waals surface area contributed by atoms with Crippen molar-refractivity contribution in [3.63, 3.8) is 0 Å². The topological polar surface area (TPSA) is 65.1 Å². The summed E-state index contributed by atoms with van der Waals surface area (Å²) in [4.78, 5) is 26.3. The van der Waals surface area contributed by atoms with E-state index < -0.39 is 24.1 Å². The number of hydrogen-bond acceptors (Lipinski definition) is 5. The predicted octanol–water partition coefficient (Wildman–Crippen LogP) is 3.48. The Kier molecular flexibility index (Phi) is 6.26. The van der Waals surface area contributed by atoms with Crippen molar-refractivity contribution in [1.29, 1.82) is 0 Å². The summed E-state index contributed by atoms with van der Waals surface area (Å²) < 4.78 is 16.6. The van der Waals surface area contributed by atoms with Crippen LogP contribution in [0.3, 0.4) is 0 Å². The molecule has 2 rings (SSSR count). The summed E-state index contributed by atoms with van der Waals surface area (Å²) >= 11 is 0. The van der Waals surface area contributed by atoms with E-state index in [-0.39, 0.29) is 17.9 Å². The van der Waals surface area contributed by atoms with Gasteiger partial charge in [0, 0.05) is 6.61 Å². The maximum absolute atomic E-state index is 12.5. The lowest BCUT2D eigenvalue weighted by molar-refractivity contribution is -0.216. The van der Waals surface area contributed by atoms with Crippen LogP contribution < -0.4 is 0 Å². The molecule has 2 fully saturated rings. The smallest absolute Gasteiger partial charge is 0.417 e. The second-order valence-corrected chi connectivity index (χ2v) is 7.66. The Balaban J connectivity index is 2.11. The molecule has 0 spiro atoms. The third-order valence-corrected chi connectivity index (χ3v) is 4.55. The molecule has 6 heteroatoms. The van der Waals surface area contributed by atoms with Gasteiger partial charge in [-0.25, -0.2) is 9.69 Å². The number of carbonyl (C=O) groups excluding carboxylic acids is 2. The predicted molar refractivity (Wildman–Crippen MR) is 89.4 cm³/mol. The highest BCUT2D eigenvalue weighted by atomic mass is 16.7. The van der Waals surface area contributed by atoms with Gasteiger partial charge in [0.25, 0.3) is 5.91 Å². The SMILES string of the molecule is CCOC(C)O[C@H]1C(=O)N(C(=O)OC(C)(C)C)[C@H]1C1CCCCC1. The molecule has 24 heavy (non-hydrogen) atoms. The van der Waals surface area contributed by atoms with Gasteiger partial charge in [0.1, 0.15) is 5.60 Å². The zero-order chi connectivity index (χ0) is 17.9. The summed E-state index contributed by atoms with van der Waals surface area (Å²) in [5.74, 6) is -0.0332. The number of β-lactam (4-membered cyclic amide) rings is 1. The van der Waals surface area contributed by atoms with Gasteiger partial charge >= 0.3 is 6.09 Å². The molecule has 138 valence electrons. The Morgan fingerprint density at radius 1 is 1.25 bits per heavy atom. The molecular weight excluding hydrogens is 310 g/mol. The fraction of sp³-hybridized carbons (Fsp3) is 0.889. The first-order valence-corrected chi connectivity index (χ1v) is 9.07. The molecule has 0 radical (unpaired) electrons. The van der Waals surface area contributed by atoms with Crippen LogP contribution in [-0.2, 0) is 19.0 Å². The van der Waals surface area contributed by atoms with Crippen molar-refractivity contribution >= 4 is 12.0 Å². The molecule has 1 aliphatic carbocycles. The standard InChI is InChI=1S/C18H31NO5/c1-6-22-12(2)23-15-14(13-10-8-7-9-11-13)19(16(15)20)17(21)24-18(3,4)5/h12-15H,6-11H2,1-5H3/t12?,14-,15+/m0/s1. The minimum Gasteiger partial charge on any atom is -0.443 e. The van der Waals surface area contributed by atoms with Crippen molar-refractivity contribution < 1.29 is 23.8 Å². The first kappa shape index (κ1) is 19.2. The van der Waals surface area contributed by atoms with Gasteiger partial charge in [-0.2, -0.15) is 0 Å². The van der Waals surface area contributed by atoms with E-state index in [1.807, 2.05) is 6.92 Å². The molecule has 0 N–H and O–H groups in total. The second kappa shape index (κ2) is 7.83. The summed E-state index contributed by atoms with van der Waals surface area (Å²) in [5, 5.41) is 0. The maximum atomic E-state index is 12.5. The number of carbonyl (C=O) groups is 2. The van der Waals surface area contributed by atoms with Gasteiger partial charge in [-0.3, -0.25) is 4.79 Å². The van der Waals surface area contributed by atoms with E-state index in [0.717, 1.165) is 25.7 Å². The molecule has 0 bridgehead atoms. The number of imide groups is 1. The average molecular weight is 341 g/mol. The lowest BCUT2D eigenvalue weighted by Crippen LogP contribution is -2.71. The van der Waals surface area contributed by atoms with Crippen molar-refractivity contribution in [2.75, 3.05) is 6.61 Å². The van der Waals surface area contributed by atoms with Crippen LogP contribution >= 0.6 is 0 Å². The van der Waals surface area contributed by atoms with Crippen molar-refractivity contribution in [3.8, 4) is 0 Å². The van der Waals surface area contributed by atoms with Gasteiger partial charge in [0.05, 0.1) is 6.04 Å². The van der Waals surface area contributed by atoms with E-state index in [9.17, 15) is 9.59 Å². The monoisotopic (exact) mass is 341 g/mol. The summed E-state index contributed by atoms with van der Waals surface area (Å²) in [7, 11) is 0. The molecule has 1 saturated heterocycles. The van der Waals surface area contributed by atoms with Gasteiger partial charge in [-0.05, 0) is 53.4 Å². The minimum atomic E-state index is -0.626. The molecule has 1 saturated carbocycles. The molecule has 6 nitrogen and oxygen atoms in total. The van der Waals surface area contributed by atoms with Gasteiger partial charge in [0.2, 0.25) is 0 Å². The molecule has 0 aromatic rings. The number of rotatable bonds is 5. The Hall–Kier alpha value is -1.14. The van der Waals surface area contributed by atoms with E-state index in [2.05, 4.69) is 0 Å². The molecule has 2 aliphatic rings. The maximum Gasteiger partial charge on any atom is 0.417 e. The third kappa shape index (κ3) is 4.48. The van der Waals surface area contributed by atoms with Crippen LogP contribution in [0.5, 0.6) is 0 Å². The molecule has 0 aromatic heterocycles. The minimum absolute atomic E-state index is 0.240. The molecule has 1 unspecified atom stereocenters. The van der Waals surface area contributed by atoms with Crippen LogP contribution in [0.2, 0.25) is 0 Å². The van der Waals surface area contributed by atoms with Crippen LogP contribution in [0.25, 0.3) is 0 Å². The number of hydrogen-bond donors (Lipinski definition) is 0. The van der Waals surface area contributed by atoms with Crippen LogP contribution in [0.1, 0.15) is 66.7 Å². The van der Waals surface area contributed by atoms with Crippen molar-refractivity contribution in [2.24, 2.45) is 5.92 Å². The highest BCUT2D eigenvalue weighted by Crippen LogP contribution is 2.38. The fourth-order valence-corrected chi connectivity index (χ4v) is 3.56. The average Bonchev–Trinajstić information content (AvgIpc) is 2.49. The van der Waals surface area contributed by atoms with Crippen LogP contribution in [0.4, 0.5) is 4.79 Å². The van der Waals surface area contributed by atoms with Crippen LogP contribution in [0.15, 0.2) is 0 Å². The number of nitrogens with zero attached hydrogens (tertiary/aromatic N) is 1. The van der Waals surface area contributed by atoms with Gasteiger partial charge in [-0.15, -0.1) is 0 Å². The van der Waals surface area contributed by atoms with Crippen molar-refractivity contribution in [3.05, 3.63) is 0 Å². The van der Waals surface area contributed by atoms with Crippen molar-refractivity contribution in [2.45, 2.75) is 90.8 Å². The first-order chi connectivity index (χ1) is 11.2. The van der Waals surface area contributed by atoms with E-state index in [1.165, 1.54) is 11.3 Å². The normalized spacial score (nSPS) is 26.9. The quantitative estimate of drug-likeness (QED) is 0.566. The van der Waals surface area contributed by atoms with E-state index in [1.54, 1.807) is 27.7 Å². The van der Waals surface area contributed by atoms with E-state index in [0.29, 0.717) is 6.61 Å². The van der Waals surface area contributed by atoms with Gasteiger partial charge < -0.3 is 14.2 Å². The van der Waals surface area contributed by atoms with Crippen LogP contribution in [-0.4, -0.2) is 47.5 Å². The Bertz CT molecular complexity index is 453. The molecular formula is C18H31NO5. The molecule has 0 aromatic carbocycles. The van der Waals surface area contributed by atoms with Crippen molar-refractivity contribution in [1.82, 2.24) is 4.90 Å². The highest BCUT2D eigenvalue weighted by Gasteiger charge is 2.56. The summed E-state index contributed by atoms with van der Waals surface area (Å²) in [6.45, 7) is 9.59. The van der Waals surface area contributed by atoms with Crippen LogP contribution in [0, 0.1) is 5.92 Å². The molecule has 2 amide bonds. The van der Waals surface area contributed by atoms with E-state index in [4.69, 9.17) is 14.2 Å². The molecule has 1 heterocycles. The first-order valence-electron chi connectivity index (χ1n) is 9.07. The van der Waals surface area contributed by atoms with Gasteiger partial charge in [0.15, 0.2) is 12.4 Å². The summed E-state index contributed by atoms with van der Waals surface area (Å²) in [6.07, 6.45) is 3.87. The Morgan fingerprint density at radius 3 is 2.42 bits per heavy atom. The zero-order valence-electron chi connectivity index (χ0n) is 15.5. The zero-order valence-corrected chi connectivity index (χ0v) is 15.5. The number of amides is 2. The lowest BCUT2D eigenvalue weighted by atomic mass is 9.77. The third-order valence-electron chi connectivity index (χ3n) is 4.55. The summed E-state index contributed by atoms with van der Waals surface area (Å²) in [6, 6.07) is -0.240. The Morgan fingerprint density at radius 2 is 1.88 bits per heavy atom. The lowest BCUT2D eigenvalue weighted by Gasteiger charge is -2.49. The second-order valence-electron chi connectivity index (χ2n) is 7.66. The van der Waals surface area contributed by atoms with E-state index >= 15 is 0 Å². The van der Waals surface area contributed by atoms with Gasteiger partial charge in [-0.1, -0.05) is 19.3 Å². The summed E-state index contributed by atoms with van der Waals surface area (Å²) in [5.41, 5.74) is -0.626.